The summed E-state index contributed by atoms with van der Waals surface area (Å²) >= 11 is 0. The minimum Gasteiger partial charge on any atom is -0.508 e. The highest BCUT2D eigenvalue weighted by molar-refractivity contribution is 5.37. The molecule has 1 aromatic rings. The number of phenolic OH excluding ortho intramolecular Hbond substituents is 1. The number of nitrogens with two attached hydrogens (primary N) is 1. The van der Waals surface area contributed by atoms with Gasteiger partial charge in [-0.05, 0) is 45.3 Å². The van der Waals surface area contributed by atoms with Crippen LogP contribution in [0.1, 0.15) is 30.5 Å². The van der Waals surface area contributed by atoms with Crippen LogP contribution in [-0.4, -0.2) is 29.6 Å². The molecule has 0 aliphatic carbocycles. The fourth-order valence-electron chi connectivity index (χ4n) is 2.61. The monoisotopic (exact) mass is 234 g/mol. The van der Waals surface area contributed by atoms with Crippen LogP contribution in [0.25, 0.3) is 0 Å². The number of aromatic hydroxyl groups is 1. The quantitative estimate of drug-likeness (QED) is 0.841. The van der Waals surface area contributed by atoms with Gasteiger partial charge in [0, 0.05) is 18.2 Å². The van der Waals surface area contributed by atoms with Gasteiger partial charge in [0.05, 0.1) is 0 Å². The maximum atomic E-state index is 9.94. The van der Waals surface area contributed by atoms with Crippen LogP contribution in [0.2, 0.25) is 0 Å². The number of phenols is 1. The molecule has 17 heavy (non-hydrogen) atoms. The first-order valence-electron chi connectivity index (χ1n) is 6.35. The number of benzene rings is 1. The van der Waals surface area contributed by atoms with E-state index in [1.807, 2.05) is 6.07 Å². The highest BCUT2D eigenvalue weighted by Crippen LogP contribution is 2.32. The second kappa shape index (κ2) is 5.07. The Morgan fingerprint density at radius 1 is 1.53 bits per heavy atom. The van der Waals surface area contributed by atoms with Gasteiger partial charge in [-0.25, -0.2) is 0 Å². The molecule has 3 nitrogen and oxygen atoms in total. The lowest BCUT2D eigenvalue weighted by atomic mass is 10.0. The van der Waals surface area contributed by atoms with Crippen LogP contribution in [-0.2, 0) is 0 Å². The Morgan fingerprint density at radius 3 is 2.94 bits per heavy atom. The zero-order valence-electron chi connectivity index (χ0n) is 10.7. The SMILES string of the molecule is Cc1ccc(O)c(C(C)N2CCC(CN)C2)c1. The summed E-state index contributed by atoms with van der Waals surface area (Å²) in [4.78, 5) is 2.41. The van der Waals surface area contributed by atoms with Crippen LogP contribution in [0.15, 0.2) is 18.2 Å². The molecule has 1 heterocycles. The molecule has 0 radical (unpaired) electrons. The Balaban J connectivity index is 2.14. The molecule has 2 rings (SSSR count). The molecule has 1 aromatic carbocycles. The van der Waals surface area contributed by atoms with Gasteiger partial charge in [0.1, 0.15) is 5.75 Å². The molecule has 1 aliphatic rings. The summed E-state index contributed by atoms with van der Waals surface area (Å²) in [6.45, 7) is 7.11. The highest BCUT2D eigenvalue weighted by Gasteiger charge is 2.26. The fraction of sp³-hybridized carbons (Fsp3) is 0.571. The summed E-state index contributed by atoms with van der Waals surface area (Å²) in [7, 11) is 0. The molecular formula is C14H22N2O. The van der Waals surface area contributed by atoms with Crippen LogP contribution in [0.3, 0.4) is 0 Å². The summed E-state index contributed by atoms with van der Waals surface area (Å²) < 4.78 is 0. The predicted octanol–water partition coefficient (Wildman–Crippen LogP) is 2.04. The van der Waals surface area contributed by atoms with Crippen molar-refractivity contribution in [3.8, 4) is 5.75 Å². The lowest BCUT2D eigenvalue weighted by Gasteiger charge is -2.25. The van der Waals surface area contributed by atoms with Gasteiger partial charge >= 0.3 is 0 Å². The van der Waals surface area contributed by atoms with Gasteiger partial charge in [0.25, 0.3) is 0 Å². The number of hydrogen-bond donors (Lipinski definition) is 2. The second-order valence-electron chi connectivity index (χ2n) is 5.12. The zero-order chi connectivity index (χ0) is 12.4. The van der Waals surface area contributed by atoms with E-state index in [1.165, 1.54) is 12.0 Å². The Labute approximate surface area is 103 Å². The molecule has 0 saturated carbocycles. The van der Waals surface area contributed by atoms with Crippen molar-refractivity contribution in [2.75, 3.05) is 19.6 Å². The molecule has 2 unspecified atom stereocenters. The highest BCUT2D eigenvalue weighted by atomic mass is 16.3. The molecule has 0 amide bonds. The summed E-state index contributed by atoms with van der Waals surface area (Å²) in [5, 5.41) is 9.94. The molecule has 0 bridgehead atoms. The van der Waals surface area contributed by atoms with Gasteiger partial charge < -0.3 is 10.8 Å². The van der Waals surface area contributed by atoms with Crippen molar-refractivity contribution in [2.45, 2.75) is 26.3 Å². The second-order valence-corrected chi connectivity index (χ2v) is 5.12. The van der Waals surface area contributed by atoms with E-state index >= 15 is 0 Å². The topological polar surface area (TPSA) is 49.5 Å². The summed E-state index contributed by atoms with van der Waals surface area (Å²) in [6.07, 6.45) is 1.17. The third-order valence-electron chi connectivity index (χ3n) is 3.83. The third kappa shape index (κ3) is 2.61. The first kappa shape index (κ1) is 12.4. The Hall–Kier alpha value is -1.06. The molecule has 0 aromatic heterocycles. The fourth-order valence-corrected chi connectivity index (χ4v) is 2.61. The van der Waals surface area contributed by atoms with E-state index < -0.39 is 0 Å². The van der Waals surface area contributed by atoms with Crippen molar-refractivity contribution in [1.82, 2.24) is 4.90 Å². The van der Waals surface area contributed by atoms with Crippen molar-refractivity contribution >= 4 is 0 Å². The first-order chi connectivity index (χ1) is 8.11. The maximum Gasteiger partial charge on any atom is 0.120 e. The minimum atomic E-state index is 0.270. The van der Waals surface area contributed by atoms with Gasteiger partial charge in [-0.2, -0.15) is 0 Å². The Bertz CT molecular complexity index is 392. The minimum absolute atomic E-state index is 0.270. The number of hydrogen-bond acceptors (Lipinski definition) is 3. The van der Waals surface area contributed by atoms with E-state index in [9.17, 15) is 5.11 Å². The summed E-state index contributed by atoms with van der Waals surface area (Å²) in [5.74, 6) is 1.02. The lowest BCUT2D eigenvalue weighted by Crippen LogP contribution is -2.26. The Kier molecular flexibility index (Phi) is 3.69. The van der Waals surface area contributed by atoms with Gasteiger partial charge in [-0.15, -0.1) is 0 Å². The third-order valence-corrected chi connectivity index (χ3v) is 3.83. The molecular weight excluding hydrogens is 212 g/mol. The predicted molar refractivity (Wildman–Crippen MR) is 70.0 cm³/mol. The van der Waals surface area contributed by atoms with E-state index in [1.54, 1.807) is 6.07 Å². The summed E-state index contributed by atoms with van der Waals surface area (Å²) in [6, 6.07) is 6.08. The van der Waals surface area contributed by atoms with Gasteiger partial charge in [0.2, 0.25) is 0 Å². The number of aryl methyl sites for hydroxylation is 1. The smallest absolute Gasteiger partial charge is 0.120 e. The number of likely N-dealkylation sites (tertiary alicyclic amines) is 1. The van der Waals surface area contributed by atoms with E-state index in [0.29, 0.717) is 11.7 Å². The van der Waals surface area contributed by atoms with Gasteiger partial charge in [-0.3, -0.25) is 4.90 Å². The molecule has 1 fully saturated rings. The number of rotatable bonds is 3. The molecule has 3 N–H and O–H groups in total. The largest absolute Gasteiger partial charge is 0.508 e. The van der Waals surface area contributed by atoms with Gasteiger partial charge in [-0.1, -0.05) is 17.7 Å². The summed E-state index contributed by atoms with van der Waals surface area (Å²) in [5.41, 5.74) is 7.94. The maximum absolute atomic E-state index is 9.94. The van der Waals surface area contributed by atoms with Gasteiger partial charge in [0.15, 0.2) is 0 Å². The standard InChI is InChI=1S/C14H22N2O/c1-10-3-4-14(17)13(7-10)11(2)16-6-5-12(8-15)9-16/h3-4,7,11-12,17H,5-6,8-9,15H2,1-2H3. The van der Waals surface area contributed by atoms with Crippen LogP contribution in [0.4, 0.5) is 0 Å². The van der Waals surface area contributed by atoms with E-state index in [4.69, 9.17) is 5.73 Å². The van der Waals surface area contributed by atoms with E-state index in [2.05, 4.69) is 24.8 Å². The Morgan fingerprint density at radius 2 is 2.29 bits per heavy atom. The first-order valence-corrected chi connectivity index (χ1v) is 6.35. The van der Waals surface area contributed by atoms with Crippen LogP contribution >= 0.6 is 0 Å². The van der Waals surface area contributed by atoms with Crippen molar-refractivity contribution in [2.24, 2.45) is 11.7 Å². The normalized spacial score (nSPS) is 22.9. The van der Waals surface area contributed by atoms with Crippen LogP contribution < -0.4 is 5.73 Å². The van der Waals surface area contributed by atoms with Crippen molar-refractivity contribution in [3.05, 3.63) is 29.3 Å². The molecule has 0 spiro atoms. The van der Waals surface area contributed by atoms with Crippen molar-refractivity contribution in [3.63, 3.8) is 0 Å². The molecule has 2 atom stereocenters. The molecule has 1 aliphatic heterocycles. The molecule has 94 valence electrons. The average molecular weight is 234 g/mol. The van der Waals surface area contributed by atoms with Crippen LogP contribution in [0.5, 0.6) is 5.75 Å². The van der Waals surface area contributed by atoms with Crippen LogP contribution in [0, 0.1) is 12.8 Å². The lowest BCUT2D eigenvalue weighted by molar-refractivity contribution is 0.248. The van der Waals surface area contributed by atoms with Crippen molar-refractivity contribution < 1.29 is 5.11 Å². The molecule has 3 heteroatoms. The average Bonchev–Trinajstić information content (AvgIpc) is 2.80. The zero-order valence-corrected chi connectivity index (χ0v) is 10.7. The van der Waals surface area contributed by atoms with E-state index in [0.717, 1.165) is 25.2 Å². The molecule has 1 saturated heterocycles. The van der Waals surface area contributed by atoms with E-state index in [-0.39, 0.29) is 6.04 Å². The van der Waals surface area contributed by atoms with Crippen molar-refractivity contribution in [1.29, 1.82) is 0 Å². The number of nitrogens with zero attached hydrogens (tertiary/aromatic N) is 1.